The Kier molecular flexibility index (Phi) is 5.63. The standard InChI is InChI=1S/C20H23N5O/c1-4-26-17-7-5-16(6-8-17)23-19-13-18(15-9-11-21-12-10-15)24-20(25-19)22-14(2)3/h5-14H,4H2,1-3H3,(H2,22,23,24,25). The average molecular weight is 349 g/mol. The highest BCUT2D eigenvalue weighted by Gasteiger charge is 2.08. The first-order chi connectivity index (χ1) is 12.6. The lowest BCUT2D eigenvalue weighted by molar-refractivity contribution is 0.340. The van der Waals surface area contributed by atoms with Crippen LogP contribution in [0.2, 0.25) is 0 Å². The molecule has 0 saturated carbocycles. The first-order valence-electron chi connectivity index (χ1n) is 8.70. The molecule has 2 heterocycles. The molecule has 0 bridgehead atoms. The number of hydrogen-bond donors (Lipinski definition) is 2. The summed E-state index contributed by atoms with van der Waals surface area (Å²) in [6.45, 7) is 6.74. The molecule has 0 aliphatic carbocycles. The summed E-state index contributed by atoms with van der Waals surface area (Å²) in [4.78, 5) is 13.3. The number of aromatic nitrogens is 3. The van der Waals surface area contributed by atoms with Crippen molar-refractivity contribution in [2.45, 2.75) is 26.8 Å². The van der Waals surface area contributed by atoms with Crippen molar-refractivity contribution in [3.05, 3.63) is 54.9 Å². The summed E-state index contributed by atoms with van der Waals surface area (Å²) in [6.07, 6.45) is 3.51. The zero-order chi connectivity index (χ0) is 18.4. The molecule has 0 aliphatic heterocycles. The Morgan fingerprint density at radius 2 is 1.73 bits per heavy atom. The molecule has 1 aromatic carbocycles. The molecule has 0 spiro atoms. The molecule has 6 heteroatoms. The minimum Gasteiger partial charge on any atom is -0.494 e. The van der Waals surface area contributed by atoms with Gasteiger partial charge in [0.05, 0.1) is 12.3 Å². The van der Waals surface area contributed by atoms with Crippen molar-refractivity contribution in [2.75, 3.05) is 17.2 Å². The molecule has 3 aromatic rings. The highest BCUT2D eigenvalue weighted by Crippen LogP contribution is 2.24. The molecule has 134 valence electrons. The van der Waals surface area contributed by atoms with Crippen molar-refractivity contribution in [2.24, 2.45) is 0 Å². The Balaban J connectivity index is 1.89. The van der Waals surface area contributed by atoms with Gasteiger partial charge in [0.1, 0.15) is 11.6 Å². The summed E-state index contributed by atoms with van der Waals surface area (Å²) < 4.78 is 5.48. The van der Waals surface area contributed by atoms with Crippen LogP contribution >= 0.6 is 0 Å². The lowest BCUT2D eigenvalue weighted by Crippen LogP contribution is -2.13. The minimum atomic E-state index is 0.237. The predicted molar refractivity (Wildman–Crippen MR) is 105 cm³/mol. The molecule has 0 atom stereocenters. The van der Waals surface area contributed by atoms with Gasteiger partial charge in [-0.15, -0.1) is 0 Å². The van der Waals surface area contributed by atoms with Gasteiger partial charge in [0.25, 0.3) is 0 Å². The molecule has 0 amide bonds. The molecule has 0 unspecified atom stereocenters. The van der Waals surface area contributed by atoms with Gasteiger partial charge < -0.3 is 15.4 Å². The maximum absolute atomic E-state index is 5.48. The summed E-state index contributed by atoms with van der Waals surface area (Å²) >= 11 is 0. The lowest BCUT2D eigenvalue weighted by Gasteiger charge is -2.13. The van der Waals surface area contributed by atoms with Crippen LogP contribution in [0, 0.1) is 0 Å². The largest absolute Gasteiger partial charge is 0.494 e. The number of anilines is 3. The van der Waals surface area contributed by atoms with Gasteiger partial charge >= 0.3 is 0 Å². The number of rotatable bonds is 7. The molecule has 0 fully saturated rings. The van der Waals surface area contributed by atoms with Crippen LogP contribution in [0.3, 0.4) is 0 Å². The van der Waals surface area contributed by atoms with Crippen LogP contribution in [0.15, 0.2) is 54.9 Å². The Morgan fingerprint density at radius 1 is 1.00 bits per heavy atom. The van der Waals surface area contributed by atoms with Crippen LogP contribution in [0.1, 0.15) is 20.8 Å². The van der Waals surface area contributed by atoms with Crippen molar-refractivity contribution < 1.29 is 4.74 Å². The van der Waals surface area contributed by atoms with E-state index in [1.165, 1.54) is 0 Å². The second-order valence-electron chi connectivity index (χ2n) is 6.08. The van der Waals surface area contributed by atoms with Gasteiger partial charge in [-0.1, -0.05) is 0 Å². The van der Waals surface area contributed by atoms with Gasteiger partial charge in [0.15, 0.2) is 0 Å². The highest BCUT2D eigenvalue weighted by molar-refractivity contribution is 5.67. The fraction of sp³-hybridized carbons (Fsp3) is 0.250. The van der Waals surface area contributed by atoms with Gasteiger partial charge in [0.2, 0.25) is 5.95 Å². The molecular formula is C20H23N5O. The number of benzene rings is 1. The molecule has 3 rings (SSSR count). The number of nitrogens with one attached hydrogen (secondary N) is 2. The van der Waals surface area contributed by atoms with E-state index < -0.39 is 0 Å². The van der Waals surface area contributed by atoms with Gasteiger partial charge in [0, 0.05) is 35.8 Å². The first kappa shape index (κ1) is 17.7. The average Bonchev–Trinajstić information content (AvgIpc) is 2.63. The Bertz CT molecular complexity index is 835. The second-order valence-corrected chi connectivity index (χ2v) is 6.08. The number of hydrogen-bond acceptors (Lipinski definition) is 6. The highest BCUT2D eigenvalue weighted by atomic mass is 16.5. The number of ether oxygens (including phenoxy) is 1. The minimum absolute atomic E-state index is 0.237. The normalized spacial score (nSPS) is 10.6. The van der Waals surface area contributed by atoms with Crippen LogP contribution < -0.4 is 15.4 Å². The second kappa shape index (κ2) is 8.29. The molecule has 2 N–H and O–H groups in total. The SMILES string of the molecule is CCOc1ccc(Nc2cc(-c3ccncc3)nc(NC(C)C)n2)cc1. The van der Waals surface area contributed by atoms with Gasteiger partial charge in [-0.2, -0.15) is 4.98 Å². The van der Waals surface area contributed by atoms with Crippen LogP contribution in [-0.4, -0.2) is 27.6 Å². The van der Waals surface area contributed by atoms with E-state index in [-0.39, 0.29) is 6.04 Å². The Morgan fingerprint density at radius 3 is 2.38 bits per heavy atom. The van der Waals surface area contributed by atoms with Gasteiger partial charge in [-0.25, -0.2) is 4.98 Å². The van der Waals surface area contributed by atoms with E-state index in [0.29, 0.717) is 12.6 Å². The van der Waals surface area contributed by atoms with Crippen LogP contribution in [0.25, 0.3) is 11.3 Å². The van der Waals surface area contributed by atoms with Gasteiger partial charge in [-0.05, 0) is 57.2 Å². The Hall–Kier alpha value is -3.15. The summed E-state index contributed by atoms with van der Waals surface area (Å²) in [5.41, 5.74) is 2.76. The smallest absolute Gasteiger partial charge is 0.225 e. The number of nitrogens with zero attached hydrogens (tertiary/aromatic N) is 3. The van der Waals surface area contributed by atoms with Crippen LogP contribution in [0.4, 0.5) is 17.5 Å². The van der Waals surface area contributed by atoms with E-state index in [0.717, 1.165) is 28.5 Å². The van der Waals surface area contributed by atoms with E-state index in [4.69, 9.17) is 4.74 Å². The first-order valence-corrected chi connectivity index (χ1v) is 8.70. The lowest BCUT2D eigenvalue weighted by atomic mass is 10.2. The van der Waals surface area contributed by atoms with E-state index in [9.17, 15) is 0 Å². The quantitative estimate of drug-likeness (QED) is 0.654. The van der Waals surface area contributed by atoms with E-state index in [2.05, 4.69) is 39.4 Å². The van der Waals surface area contributed by atoms with Crippen molar-refractivity contribution in [3.63, 3.8) is 0 Å². The molecule has 26 heavy (non-hydrogen) atoms. The van der Waals surface area contributed by atoms with Crippen LogP contribution in [-0.2, 0) is 0 Å². The zero-order valence-electron chi connectivity index (χ0n) is 15.2. The maximum atomic E-state index is 5.48. The topological polar surface area (TPSA) is 72.0 Å². The summed E-state index contributed by atoms with van der Waals surface area (Å²) in [5, 5.41) is 6.60. The predicted octanol–water partition coefficient (Wildman–Crippen LogP) is 4.50. The monoisotopic (exact) mass is 349 g/mol. The van der Waals surface area contributed by atoms with Crippen molar-refractivity contribution in [1.29, 1.82) is 0 Å². The summed E-state index contributed by atoms with van der Waals surface area (Å²) in [7, 11) is 0. The fourth-order valence-electron chi connectivity index (χ4n) is 2.45. The van der Waals surface area contributed by atoms with Crippen LogP contribution in [0.5, 0.6) is 5.75 Å². The van der Waals surface area contributed by atoms with Crippen molar-refractivity contribution >= 4 is 17.5 Å². The molecular weight excluding hydrogens is 326 g/mol. The zero-order valence-corrected chi connectivity index (χ0v) is 15.2. The van der Waals surface area contributed by atoms with Crippen molar-refractivity contribution in [1.82, 2.24) is 15.0 Å². The van der Waals surface area contributed by atoms with E-state index >= 15 is 0 Å². The fourth-order valence-corrected chi connectivity index (χ4v) is 2.45. The molecule has 0 radical (unpaired) electrons. The third-order valence-corrected chi connectivity index (χ3v) is 3.56. The number of pyridine rings is 1. The third kappa shape index (κ3) is 4.69. The molecule has 0 aliphatic rings. The molecule has 2 aromatic heterocycles. The molecule has 0 saturated heterocycles. The molecule has 6 nitrogen and oxygen atoms in total. The maximum Gasteiger partial charge on any atom is 0.225 e. The van der Waals surface area contributed by atoms with E-state index in [1.807, 2.05) is 49.4 Å². The van der Waals surface area contributed by atoms with Crippen molar-refractivity contribution in [3.8, 4) is 17.0 Å². The summed E-state index contributed by atoms with van der Waals surface area (Å²) in [5.74, 6) is 2.15. The Labute approximate surface area is 153 Å². The summed E-state index contributed by atoms with van der Waals surface area (Å²) in [6, 6.07) is 13.8. The van der Waals surface area contributed by atoms with Gasteiger partial charge in [-0.3, -0.25) is 4.98 Å². The van der Waals surface area contributed by atoms with E-state index in [1.54, 1.807) is 12.4 Å². The third-order valence-electron chi connectivity index (χ3n) is 3.56.